The van der Waals surface area contributed by atoms with Crippen LogP contribution < -0.4 is 5.32 Å². The van der Waals surface area contributed by atoms with Gasteiger partial charge in [-0.3, -0.25) is 0 Å². The first-order valence-corrected chi connectivity index (χ1v) is 6.30. The second kappa shape index (κ2) is 5.97. The largest absolute Gasteiger partial charge is 0.468 e. The van der Waals surface area contributed by atoms with Gasteiger partial charge >= 0.3 is 0 Å². The van der Waals surface area contributed by atoms with Crippen molar-refractivity contribution in [3.05, 3.63) is 59.6 Å². The highest BCUT2D eigenvalue weighted by atomic mass is 19.1. The minimum absolute atomic E-state index is 0.000153. The highest BCUT2D eigenvalue weighted by molar-refractivity contribution is 5.20. The van der Waals surface area contributed by atoms with Crippen LogP contribution in [-0.2, 0) is 6.42 Å². The zero-order chi connectivity index (χ0) is 13.8. The molecule has 0 saturated carbocycles. The maximum atomic E-state index is 13.5. The van der Waals surface area contributed by atoms with Crippen LogP contribution in [0.3, 0.4) is 0 Å². The molecule has 0 bridgehead atoms. The maximum absolute atomic E-state index is 13.5. The third-order valence-electron chi connectivity index (χ3n) is 3.08. The predicted octanol–water partition coefficient (Wildman–Crippen LogP) is 3.84. The summed E-state index contributed by atoms with van der Waals surface area (Å²) in [5.41, 5.74) is 0.120. The summed E-state index contributed by atoms with van der Waals surface area (Å²) in [5.74, 6) is -0.195. The summed E-state index contributed by atoms with van der Waals surface area (Å²) in [4.78, 5) is 0. The van der Waals surface area contributed by atoms with Crippen LogP contribution in [0.25, 0.3) is 0 Å². The van der Waals surface area contributed by atoms with Crippen molar-refractivity contribution in [1.82, 2.24) is 5.32 Å². The molecule has 2 aromatic rings. The molecule has 0 aliphatic carbocycles. The molecular formula is C15H17F2NO. The maximum Gasteiger partial charge on any atom is 0.129 e. The van der Waals surface area contributed by atoms with E-state index in [-0.39, 0.29) is 17.6 Å². The molecule has 1 aromatic heterocycles. The molecule has 102 valence electrons. The molecule has 2 unspecified atom stereocenters. The van der Waals surface area contributed by atoms with Crippen LogP contribution in [0, 0.1) is 11.6 Å². The smallest absolute Gasteiger partial charge is 0.129 e. The minimum Gasteiger partial charge on any atom is -0.468 e. The van der Waals surface area contributed by atoms with Crippen molar-refractivity contribution >= 4 is 0 Å². The second-order valence-corrected chi connectivity index (χ2v) is 4.71. The van der Waals surface area contributed by atoms with Crippen LogP contribution in [0.15, 0.2) is 41.0 Å². The molecule has 0 fully saturated rings. The molecule has 0 amide bonds. The summed E-state index contributed by atoms with van der Waals surface area (Å²) in [5, 5.41) is 3.26. The van der Waals surface area contributed by atoms with Gasteiger partial charge in [0.25, 0.3) is 0 Å². The second-order valence-electron chi connectivity index (χ2n) is 4.71. The van der Waals surface area contributed by atoms with Crippen LogP contribution in [0.1, 0.15) is 31.2 Å². The van der Waals surface area contributed by atoms with E-state index in [0.717, 1.165) is 5.76 Å². The van der Waals surface area contributed by atoms with Gasteiger partial charge in [-0.15, -0.1) is 0 Å². The Hall–Kier alpha value is -1.68. The van der Waals surface area contributed by atoms with E-state index in [0.29, 0.717) is 6.42 Å². The Bertz CT molecular complexity index is 505. The Labute approximate surface area is 111 Å². The minimum atomic E-state index is -0.501. The van der Waals surface area contributed by atoms with Gasteiger partial charge in [-0.05, 0) is 44.5 Å². The lowest BCUT2D eigenvalue weighted by Gasteiger charge is -2.19. The third-order valence-corrected chi connectivity index (χ3v) is 3.08. The first-order valence-electron chi connectivity index (χ1n) is 6.30. The van der Waals surface area contributed by atoms with E-state index in [2.05, 4.69) is 5.32 Å². The van der Waals surface area contributed by atoms with Crippen molar-refractivity contribution in [3.63, 3.8) is 0 Å². The molecule has 1 N–H and O–H groups in total. The lowest BCUT2D eigenvalue weighted by Crippen LogP contribution is -2.31. The van der Waals surface area contributed by atoms with E-state index in [1.807, 2.05) is 26.0 Å². The number of benzene rings is 1. The van der Waals surface area contributed by atoms with E-state index in [9.17, 15) is 8.78 Å². The first kappa shape index (κ1) is 13.7. The van der Waals surface area contributed by atoms with Crippen molar-refractivity contribution in [3.8, 4) is 0 Å². The van der Waals surface area contributed by atoms with E-state index < -0.39 is 11.6 Å². The molecule has 1 aromatic carbocycles. The summed E-state index contributed by atoms with van der Waals surface area (Å²) in [6.07, 6.45) is 1.90. The first-order chi connectivity index (χ1) is 9.08. The highest BCUT2D eigenvalue weighted by Crippen LogP contribution is 2.17. The normalized spacial score (nSPS) is 14.3. The van der Waals surface area contributed by atoms with Crippen LogP contribution in [0.4, 0.5) is 8.78 Å². The fourth-order valence-electron chi connectivity index (χ4n) is 2.14. The summed E-state index contributed by atoms with van der Waals surface area (Å²) in [7, 11) is 0. The van der Waals surface area contributed by atoms with Gasteiger partial charge in [0.1, 0.15) is 17.4 Å². The topological polar surface area (TPSA) is 25.2 Å². The van der Waals surface area contributed by atoms with E-state index >= 15 is 0 Å². The van der Waals surface area contributed by atoms with Crippen molar-refractivity contribution < 1.29 is 13.2 Å². The molecule has 19 heavy (non-hydrogen) atoms. The monoisotopic (exact) mass is 265 g/mol. The zero-order valence-electron chi connectivity index (χ0n) is 11.0. The molecule has 0 saturated heterocycles. The Morgan fingerprint density at radius 3 is 2.37 bits per heavy atom. The molecule has 0 aliphatic rings. The van der Waals surface area contributed by atoms with Crippen molar-refractivity contribution in [2.75, 3.05) is 0 Å². The fourth-order valence-corrected chi connectivity index (χ4v) is 2.14. The average Bonchev–Trinajstić information content (AvgIpc) is 2.88. The number of rotatable bonds is 5. The Morgan fingerprint density at radius 1 is 1.11 bits per heavy atom. The lowest BCUT2D eigenvalue weighted by molar-refractivity contribution is 0.392. The van der Waals surface area contributed by atoms with Gasteiger partial charge in [0.15, 0.2) is 0 Å². The average molecular weight is 265 g/mol. The molecule has 0 radical (unpaired) electrons. The Kier molecular flexibility index (Phi) is 4.32. The fraction of sp³-hybridized carbons (Fsp3) is 0.333. The molecule has 0 aliphatic heterocycles. The van der Waals surface area contributed by atoms with Crippen LogP contribution in [0.5, 0.6) is 0 Å². The lowest BCUT2D eigenvalue weighted by atomic mass is 10.0. The van der Waals surface area contributed by atoms with E-state index in [1.54, 1.807) is 6.26 Å². The van der Waals surface area contributed by atoms with Gasteiger partial charge in [-0.25, -0.2) is 8.78 Å². The molecule has 0 spiro atoms. The number of halogens is 2. The van der Waals surface area contributed by atoms with Crippen molar-refractivity contribution in [2.24, 2.45) is 0 Å². The summed E-state index contributed by atoms with van der Waals surface area (Å²) >= 11 is 0. The SMILES string of the molecule is CC(Cc1c(F)cccc1F)NC(C)c1ccco1. The Balaban J connectivity index is 2.00. The Morgan fingerprint density at radius 2 is 1.79 bits per heavy atom. The van der Waals surface area contributed by atoms with Gasteiger partial charge in [-0.2, -0.15) is 0 Å². The van der Waals surface area contributed by atoms with Gasteiger partial charge in [0, 0.05) is 11.6 Å². The summed E-state index contributed by atoms with van der Waals surface area (Å²) < 4.78 is 32.4. The summed E-state index contributed by atoms with van der Waals surface area (Å²) in [6, 6.07) is 7.55. The highest BCUT2D eigenvalue weighted by Gasteiger charge is 2.15. The zero-order valence-corrected chi connectivity index (χ0v) is 11.0. The number of hydrogen-bond donors (Lipinski definition) is 1. The third kappa shape index (κ3) is 3.41. The summed E-state index contributed by atoms with van der Waals surface area (Å²) in [6.45, 7) is 3.85. The predicted molar refractivity (Wildman–Crippen MR) is 69.8 cm³/mol. The van der Waals surface area contributed by atoms with E-state index in [4.69, 9.17) is 4.42 Å². The van der Waals surface area contributed by atoms with Crippen molar-refractivity contribution in [1.29, 1.82) is 0 Å². The molecule has 2 nitrogen and oxygen atoms in total. The van der Waals surface area contributed by atoms with Crippen LogP contribution in [-0.4, -0.2) is 6.04 Å². The van der Waals surface area contributed by atoms with Crippen LogP contribution >= 0.6 is 0 Å². The van der Waals surface area contributed by atoms with Gasteiger partial charge < -0.3 is 9.73 Å². The quantitative estimate of drug-likeness (QED) is 0.888. The number of nitrogens with one attached hydrogen (secondary N) is 1. The van der Waals surface area contributed by atoms with Crippen LogP contribution in [0.2, 0.25) is 0 Å². The van der Waals surface area contributed by atoms with Gasteiger partial charge in [0.05, 0.1) is 12.3 Å². The van der Waals surface area contributed by atoms with Crippen molar-refractivity contribution in [2.45, 2.75) is 32.4 Å². The number of furan rings is 1. The standard InChI is InChI=1S/C15H17F2NO/c1-10(18-11(2)15-7-4-8-19-15)9-12-13(16)5-3-6-14(12)17/h3-8,10-11,18H,9H2,1-2H3. The molecular weight excluding hydrogens is 248 g/mol. The van der Waals surface area contributed by atoms with Gasteiger partial charge in [-0.1, -0.05) is 6.07 Å². The van der Waals surface area contributed by atoms with Gasteiger partial charge in [0.2, 0.25) is 0 Å². The molecule has 1 heterocycles. The van der Waals surface area contributed by atoms with E-state index in [1.165, 1.54) is 18.2 Å². The molecule has 4 heteroatoms. The molecule has 2 rings (SSSR count). The molecule has 2 atom stereocenters. The number of hydrogen-bond acceptors (Lipinski definition) is 2.